The Hall–Kier alpha value is -4.05. The maximum Gasteiger partial charge on any atom is 0.361 e. The SMILES string of the molecule is CC/C=C\C/C=C\C/C=C\C/C=C\C/C=C\C/C=C\CCCCCCCCCCC(=O)OC(COC(=O)CCCCCCCCCCCCCCCCCCCC/C=C\C/C=C\C/C=C\CCCCCCC)COC(OCC[N+](C)(C)C)C(=O)O. The number of rotatable bonds is 64. The summed E-state index contributed by atoms with van der Waals surface area (Å²) in [4.78, 5) is 37.6. The quantitative estimate of drug-likeness (QED) is 0.0211. The van der Waals surface area contributed by atoms with Gasteiger partial charge in [0.25, 0.3) is 6.29 Å². The molecule has 0 rings (SSSR count). The first-order valence-electron chi connectivity index (χ1n) is 35.1. The van der Waals surface area contributed by atoms with Crippen molar-refractivity contribution in [2.24, 2.45) is 0 Å². The van der Waals surface area contributed by atoms with Crippen molar-refractivity contribution >= 4 is 17.9 Å². The van der Waals surface area contributed by atoms with Crippen molar-refractivity contribution in [3.8, 4) is 0 Å². The van der Waals surface area contributed by atoms with E-state index in [2.05, 4.69) is 123 Å². The lowest BCUT2D eigenvalue weighted by Crippen LogP contribution is -2.40. The zero-order valence-electron chi connectivity index (χ0n) is 55.7. The van der Waals surface area contributed by atoms with E-state index in [0.717, 1.165) is 96.3 Å². The summed E-state index contributed by atoms with van der Waals surface area (Å²) < 4.78 is 23.0. The zero-order valence-corrected chi connectivity index (χ0v) is 55.7. The van der Waals surface area contributed by atoms with E-state index in [1.54, 1.807) is 0 Å². The number of carboxylic acids is 1. The molecular formula is C76H132NO8+. The Morgan fingerprint density at radius 1 is 0.365 bits per heavy atom. The molecule has 0 aliphatic heterocycles. The molecule has 0 fully saturated rings. The van der Waals surface area contributed by atoms with E-state index in [0.29, 0.717) is 23.9 Å². The highest BCUT2D eigenvalue weighted by Crippen LogP contribution is 2.17. The van der Waals surface area contributed by atoms with Gasteiger partial charge in [-0.05, 0) is 103 Å². The maximum absolute atomic E-state index is 12.9. The Balaban J connectivity index is 4.13. The molecule has 0 heterocycles. The summed E-state index contributed by atoms with van der Waals surface area (Å²) in [5.41, 5.74) is 0. The summed E-state index contributed by atoms with van der Waals surface area (Å²) in [5, 5.41) is 9.75. The number of carboxylic acid groups (broad SMARTS) is 1. The third-order valence-corrected chi connectivity index (χ3v) is 15.0. The summed E-state index contributed by atoms with van der Waals surface area (Å²) in [7, 11) is 5.97. The summed E-state index contributed by atoms with van der Waals surface area (Å²) in [6, 6.07) is 0. The number of hydrogen-bond acceptors (Lipinski definition) is 7. The molecule has 0 amide bonds. The monoisotopic (exact) mass is 1190 g/mol. The lowest BCUT2D eigenvalue weighted by Gasteiger charge is -2.25. The molecule has 0 aromatic rings. The number of carbonyl (C=O) groups excluding carboxylic acids is 2. The third-order valence-electron chi connectivity index (χ3n) is 15.0. The third kappa shape index (κ3) is 67.3. The normalized spacial score (nSPS) is 13.4. The second kappa shape index (κ2) is 65.9. The van der Waals surface area contributed by atoms with Gasteiger partial charge in [-0.1, -0.05) is 290 Å². The minimum Gasteiger partial charge on any atom is -0.477 e. The van der Waals surface area contributed by atoms with Gasteiger partial charge in [0.2, 0.25) is 0 Å². The molecule has 2 atom stereocenters. The Bertz CT molecular complexity index is 1760. The van der Waals surface area contributed by atoms with Gasteiger partial charge in [-0.2, -0.15) is 0 Å². The smallest absolute Gasteiger partial charge is 0.361 e. The van der Waals surface area contributed by atoms with Crippen molar-refractivity contribution in [2.75, 3.05) is 47.5 Å². The number of carbonyl (C=O) groups is 3. The average molecular weight is 1190 g/mol. The highest BCUT2D eigenvalue weighted by molar-refractivity contribution is 5.71. The van der Waals surface area contributed by atoms with Crippen LogP contribution in [0.15, 0.2) is 109 Å². The van der Waals surface area contributed by atoms with Gasteiger partial charge in [-0.3, -0.25) is 9.59 Å². The van der Waals surface area contributed by atoms with Gasteiger partial charge in [0.1, 0.15) is 13.2 Å². The van der Waals surface area contributed by atoms with E-state index < -0.39 is 24.3 Å². The summed E-state index contributed by atoms with van der Waals surface area (Å²) >= 11 is 0. The van der Waals surface area contributed by atoms with Gasteiger partial charge in [-0.25, -0.2) is 4.79 Å². The first-order chi connectivity index (χ1) is 41.6. The number of ether oxygens (including phenoxy) is 4. The van der Waals surface area contributed by atoms with Gasteiger partial charge < -0.3 is 28.5 Å². The molecule has 0 spiro atoms. The minimum absolute atomic E-state index is 0.182. The summed E-state index contributed by atoms with van der Waals surface area (Å²) in [6.07, 6.45) is 89.1. The van der Waals surface area contributed by atoms with Gasteiger partial charge in [-0.15, -0.1) is 0 Å². The molecule has 0 aliphatic rings. The van der Waals surface area contributed by atoms with Crippen molar-refractivity contribution < 1.29 is 42.9 Å². The van der Waals surface area contributed by atoms with Crippen molar-refractivity contribution in [1.82, 2.24) is 0 Å². The van der Waals surface area contributed by atoms with Crippen LogP contribution in [0.1, 0.15) is 296 Å². The first-order valence-corrected chi connectivity index (χ1v) is 35.1. The Labute approximate surface area is 524 Å². The zero-order chi connectivity index (χ0) is 61.9. The van der Waals surface area contributed by atoms with Gasteiger partial charge in [0.15, 0.2) is 6.10 Å². The summed E-state index contributed by atoms with van der Waals surface area (Å²) in [5.74, 6) is -2.01. The van der Waals surface area contributed by atoms with Crippen LogP contribution in [-0.2, 0) is 33.3 Å². The number of quaternary nitrogens is 1. The minimum atomic E-state index is -1.52. The number of unbranched alkanes of at least 4 members (excludes halogenated alkanes) is 31. The average Bonchev–Trinajstić information content (AvgIpc) is 3.48. The molecule has 0 aliphatic carbocycles. The van der Waals surface area contributed by atoms with Crippen LogP contribution in [0.3, 0.4) is 0 Å². The molecule has 0 aromatic carbocycles. The van der Waals surface area contributed by atoms with Crippen LogP contribution in [0.5, 0.6) is 0 Å². The molecule has 488 valence electrons. The van der Waals surface area contributed by atoms with Crippen molar-refractivity contribution in [2.45, 2.75) is 309 Å². The predicted octanol–water partition coefficient (Wildman–Crippen LogP) is 21.8. The largest absolute Gasteiger partial charge is 0.477 e. The van der Waals surface area contributed by atoms with Crippen LogP contribution in [0.4, 0.5) is 0 Å². The number of hydrogen-bond donors (Lipinski definition) is 1. The van der Waals surface area contributed by atoms with Crippen molar-refractivity contribution in [3.63, 3.8) is 0 Å². The van der Waals surface area contributed by atoms with E-state index in [1.165, 1.54) is 167 Å². The summed E-state index contributed by atoms with van der Waals surface area (Å²) in [6.45, 7) is 4.76. The molecule has 0 saturated heterocycles. The van der Waals surface area contributed by atoms with Crippen LogP contribution in [-0.4, -0.2) is 87.4 Å². The van der Waals surface area contributed by atoms with E-state index in [-0.39, 0.29) is 32.2 Å². The molecule has 1 N–H and O–H groups in total. The number of aliphatic carboxylic acids is 1. The van der Waals surface area contributed by atoms with E-state index in [4.69, 9.17) is 18.9 Å². The molecule has 0 saturated carbocycles. The van der Waals surface area contributed by atoms with Crippen molar-refractivity contribution in [3.05, 3.63) is 109 Å². The number of likely N-dealkylation sites (N-methyl/N-ethyl adjacent to an activating group) is 1. The lowest BCUT2D eigenvalue weighted by molar-refractivity contribution is -0.870. The van der Waals surface area contributed by atoms with Crippen LogP contribution in [0.25, 0.3) is 0 Å². The second-order valence-corrected chi connectivity index (χ2v) is 24.5. The predicted molar refractivity (Wildman–Crippen MR) is 364 cm³/mol. The standard InChI is InChI=1S/C76H131NO8/c1-6-8-10-12-14-16-18-20-22-24-26-28-30-32-34-35-36-37-38-39-41-42-44-46-48-50-52-54-56-58-60-62-64-66-73(78)83-70-72(71-84-76(75(80)81)82-69-68-77(3,4)5)85-74(79)67-65-63-61-59-57-55-53-51-49-47-45-43-40-33-31-29-27-25-23-21-19-17-15-13-11-9-7-2/h9,11,15,17-18,20-21,23-24,26-27,29-30,32-33,40,45,47,72,76H,6-8,10,12-14,16,19,22,25,28,31,34-39,41-44,46,48-71H2,1-5H3/p+1/b11-9-,17-15-,20-18-,23-21-,26-24-,29-27-,32-30-,40-33-,47-45-. The number of allylic oxidation sites excluding steroid dienone is 18. The van der Waals surface area contributed by atoms with Crippen LogP contribution in [0.2, 0.25) is 0 Å². The molecule has 0 bridgehead atoms. The van der Waals surface area contributed by atoms with Gasteiger partial charge in [0.05, 0.1) is 34.4 Å². The van der Waals surface area contributed by atoms with E-state index in [9.17, 15) is 19.5 Å². The molecule has 0 radical (unpaired) electrons. The Kier molecular flexibility index (Phi) is 62.8. The number of esters is 2. The molecular weight excluding hydrogens is 1050 g/mol. The maximum atomic E-state index is 12.9. The van der Waals surface area contributed by atoms with Gasteiger partial charge in [0, 0.05) is 12.8 Å². The van der Waals surface area contributed by atoms with Crippen LogP contribution < -0.4 is 0 Å². The van der Waals surface area contributed by atoms with E-state index in [1.807, 2.05) is 21.1 Å². The fourth-order valence-electron chi connectivity index (χ4n) is 9.67. The topological polar surface area (TPSA) is 108 Å². The number of nitrogens with zero attached hydrogens (tertiary/aromatic N) is 1. The Morgan fingerprint density at radius 3 is 1.00 bits per heavy atom. The van der Waals surface area contributed by atoms with Crippen LogP contribution in [0, 0.1) is 0 Å². The highest BCUT2D eigenvalue weighted by atomic mass is 16.7. The molecule has 2 unspecified atom stereocenters. The molecule has 0 aromatic heterocycles. The van der Waals surface area contributed by atoms with Crippen LogP contribution >= 0.6 is 0 Å². The second-order valence-electron chi connectivity index (χ2n) is 24.5. The van der Waals surface area contributed by atoms with Crippen molar-refractivity contribution in [1.29, 1.82) is 0 Å². The molecule has 85 heavy (non-hydrogen) atoms. The highest BCUT2D eigenvalue weighted by Gasteiger charge is 2.25. The molecule has 9 heteroatoms. The Morgan fingerprint density at radius 2 is 0.671 bits per heavy atom. The lowest BCUT2D eigenvalue weighted by atomic mass is 10.0. The van der Waals surface area contributed by atoms with E-state index >= 15 is 0 Å². The fourth-order valence-corrected chi connectivity index (χ4v) is 9.67. The fraction of sp³-hybridized carbons (Fsp3) is 0.724. The first kappa shape index (κ1) is 81.0. The van der Waals surface area contributed by atoms with Gasteiger partial charge >= 0.3 is 17.9 Å². The molecule has 9 nitrogen and oxygen atoms in total.